The van der Waals surface area contributed by atoms with Gasteiger partial charge < -0.3 is 15.5 Å². The molecule has 0 aliphatic heterocycles. The van der Waals surface area contributed by atoms with Gasteiger partial charge in [0, 0.05) is 0 Å². The predicted octanol–water partition coefficient (Wildman–Crippen LogP) is -0.334. The van der Waals surface area contributed by atoms with Gasteiger partial charge in [-0.15, -0.1) is 5.10 Å². The summed E-state index contributed by atoms with van der Waals surface area (Å²) in [7, 11) is 0. The zero-order valence-electron chi connectivity index (χ0n) is 9.21. The Morgan fingerprint density at radius 1 is 1.53 bits per heavy atom. The molecule has 7 nitrogen and oxygen atoms in total. The fourth-order valence-electron chi connectivity index (χ4n) is 1.19. The molecule has 1 aromatic rings. The smallest absolute Gasteiger partial charge is 0.328 e. The molecule has 0 radical (unpaired) electrons. The van der Waals surface area contributed by atoms with Crippen molar-refractivity contribution in [3.05, 3.63) is 10.6 Å². The summed E-state index contributed by atoms with van der Waals surface area (Å²) in [5.74, 6) is -1.85. The van der Waals surface area contributed by atoms with Crippen LogP contribution in [0.25, 0.3) is 0 Å². The number of rotatable bonds is 6. The molecule has 94 valence electrons. The fourth-order valence-corrected chi connectivity index (χ4v) is 1.80. The molecule has 8 heteroatoms. The van der Waals surface area contributed by atoms with Crippen LogP contribution in [-0.2, 0) is 11.2 Å². The Hall–Kier alpha value is -1.54. The Morgan fingerprint density at radius 3 is 2.76 bits per heavy atom. The summed E-state index contributed by atoms with van der Waals surface area (Å²) < 4.78 is 3.66. The fraction of sp³-hybridized carbons (Fsp3) is 0.556. The monoisotopic (exact) mass is 259 g/mol. The quantitative estimate of drug-likeness (QED) is 0.644. The van der Waals surface area contributed by atoms with Crippen LogP contribution in [0.1, 0.15) is 28.7 Å². The zero-order chi connectivity index (χ0) is 12.8. The molecule has 17 heavy (non-hydrogen) atoms. The van der Waals surface area contributed by atoms with Crippen molar-refractivity contribution in [1.82, 2.24) is 14.9 Å². The van der Waals surface area contributed by atoms with Gasteiger partial charge in [0.15, 0.2) is 6.04 Å². The summed E-state index contributed by atoms with van der Waals surface area (Å²) in [5, 5.41) is 23.5. The molecule has 0 aliphatic carbocycles. The summed E-state index contributed by atoms with van der Waals surface area (Å²) >= 11 is 0.914. The van der Waals surface area contributed by atoms with Gasteiger partial charge in [0.1, 0.15) is 4.88 Å². The van der Waals surface area contributed by atoms with E-state index in [0.29, 0.717) is 17.0 Å². The summed E-state index contributed by atoms with van der Waals surface area (Å²) in [5.41, 5.74) is 0.553. The minimum Gasteiger partial charge on any atom is -0.480 e. The van der Waals surface area contributed by atoms with Gasteiger partial charge in [-0.25, -0.2) is 4.79 Å². The van der Waals surface area contributed by atoms with Gasteiger partial charge in [-0.2, -0.15) is 0 Å². The number of hydrogen-bond acceptors (Lipinski definition) is 6. The van der Waals surface area contributed by atoms with Gasteiger partial charge in [0.05, 0.1) is 12.3 Å². The standard InChI is InChI=1S/C9H13N3O4S/c1-2-3-5-7(17-12-11-5)8(14)10-6(4-13)9(15)16/h6,13H,2-4H2,1H3,(H,10,14)(H,15,16)/t6-/m1/s1. The van der Waals surface area contributed by atoms with Crippen LogP contribution < -0.4 is 5.32 Å². The maximum atomic E-state index is 11.7. The molecule has 0 spiro atoms. The molecule has 1 amide bonds. The number of hydrogen-bond donors (Lipinski definition) is 3. The van der Waals surface area contributed by atoms with E-state index in [-0.39, 0.29) is 0 Å². The first kappa shape index (κ1) is 13.5. The SMILES string of the molecule is CCCc1nnsc1C(=O)N[C@H](CO)C(=O)O. The summed E-state index contributed by atoms with van der Waals surface area (Å²) in [6.45, 7) is 1.28. The zero-order valence-corrected chi connectivity index (χ0v) is 10.0. The third-order valence-corrected chi connectivity index (χ3v) is 2.80. The lowest BCUT2D eigenvalue weighted by molar-refractivity contribution is -0.140. The summed E-state index contributed by atoms with van der Waals surface area (Å²) in [6.07, 6.45) is 1.42. The number of aryl methyl sites for hydroxylation is 1. The van der Waals surface area contributed by atoms with E-state index < -0.39 is 24.5 Å². The van der Waals surface area contributed by atoms with Crippen LogP contribution in [0.3, 0.4) is 0 Å². The topological polar surface area (TPSA) is 112 Å². The van der Waals surface area contributed by atoms with Gasteiger partial charge in [-0.3, -0.25) is 4.79 Å². The molecule has 0 aromatic carbocycles. The van der Waals surface area contributed by atoms with Crippen LogP contribution in [0.4, 0.5) is 0 Å². The van der Waals surface area contributed by atoms with E-state index >= 15 is 0 Å². The number of aliphatic hydroxyl groups excluding tert-OH is 1. The highest BCUT2D eigenvalue weighted by molar-refractivity contribution is 7.08. The molecule has 1 rings (SSSR count). The van der Waals surface area contributed by atoms with E-state index in [1.165, 1.54) is 0 Å². The predicted molar refractivity (Wildman–Crippen MR) is 59.9 cm³/mol. The van der Waals surface area contributed by atoms with Crippen molar-refractivity contribution in [2.45, 2.75) is 25.8 Å². The molecule has 0 unspecified atom stereocenters. The number of nitrogens with one attached hydrogen (secondary N) is 1. The van der Waals surface area contributed by atoms with Gasteiger partial charge in [-0.05, 0) is 18.0 Å². The highest BCUT2D eigenvalue weighted by Gasteiger charge is 2.22. The summed E-state index contributed by atoms with van der Waals surface area (Å²) in [6, 6.07) is -1.31. The highest BCUT2D eigenvalue weighted by Crippen LogP contribution is 2.12. The van der Waals surface area contributed by atoms with E-state index in [2.05, 4.69) is 14.9 Å². The molecule has 1 heterocycles. The molecule has 1 aromatic heterocycles. The lowest BCUT2D eigenvalue weighted by Crippen LogP contribution is -2.43. The van der Waals surface area contributed by atoms with Crippen LogP contribution in [0.2, 0.25) is 0 Å². The average molecular weight is 259 g/mol. The van der Waals surface area contributed by atoms with Crippen LogP contribution in [0, 0.1) is 0 Å². The first-order valence-corrected chi connectivity index (χ1v) is 5.83. The van der Waals surface area contributed by atoms with Gasteiger partial charge in [0.25, 0.3) is 5.91 Å². The van der Waals surface area contributed by atoms with Gasteiger partial charge in [0.2, 0.25) is 0 Å². The number of aliphatic hydroxyl groups is 1. The molecule has 0 bridgehead atoms. The Morgan fingerprint density at radius 2 is 2.24 bits per heavy atom. The second kappa shape index (κ2) is 6.26. The van der Waals surface area contributed by atoms with Crippen molar-refractivity contribution in [2.24, 2.45) is 0 Å². The van der Waals surface area contributed by atoms with Crippen LogP contribution in [0.5, 0.6) is 0 Å². The van der Waals surface area contributed by atoms with Crippen LogP contribution in [-0.4, -0.2) is 44.3 Å². The largest absolute Gasteiger partial charge is 0.480 e. The third-order valence-electron chi connectivity index (χ3n) is 2.03. The summed E-state index contributed by atoms with van der Waals surface area (Å²) in [4.78, 5) is 22.7. The lowest BCUT2D eigenvalue weighted by Gasteiger charge is -2.10. The van der Waals surface area contributed by atoms with Gasteiger partial charge in [-0.1, -0.05) is 17.8 Å². The van der Waals surface area contributed by atoms with Crippen molar-refractivity contribution in [3.63, 3.8) is 0 Å². The highest BCUT2D eigenvalue weighted by atomic mass is 32.1. The Balaban J connectivity index is 2.75. The number of carbonyl (C=O) groups is 2. The first-order chi connectivity index (χ1) is 8.10. The number of carboxylic acids is 1. The maximum absolute atomic E-state index is 11.7. The Bertz CT molecular complexity index is 407. The molecule has 1 atom stereocenters. The molecule has 0 saturated heterocycles. The van der Waals surface area contributed by atoms with Gasteiger partial charge >= 0.3 is 5.97 Å². The van der Waals surface area contributed by atoms with E-state index in [4.69, 9.17) is 10.2 Å². The molecule has 0 aliphatic rings. The number of nitrogens with zero attached hydrogens (tertiary/aromatic N) is 2. The Labute approximate surface area is 102 Å². The van der Waals surface area contributed by atoms with Crippen molar-refractivity contribution in [2.75, 3.05) is 6.61 Å². The normalized spacial score (nSPS) is 12.1. The number of aliphatic carboxylic acids is 1. The van der Waals surface area contributed by atoms with Crippen LogP contribution in [0.15, 0.2) is 0 Å². The van der Waals surface area contributed by atoms with Crippen molar-refractivity contribution in [3.8, 4) is 0 Å². The number of carboxylic acid groups (broad SMARTS) is 1. The second-order valence-corrected chi connectivity index (χ2v) is 4.10. The van der Waals surface area contributed by atoms with Crippen LogP contribution >= 0.6 is 11.5 Å². The third kappa shape index (κ3) is 3.46. The number of carbonyl (C=O) groups excluding carboxylic acids is 1. The average Bonchev–Trinajstić information content (AvgIpc) is 2.74. The number of amides is 1. The molecular weight excluding hydrogens is 246 g/mol. The molecular formula is C9H13N3O4S. The van der Waals surface area contributed by atoms with Crippen molar-refractivity contribution in [1.29, 1.82) is 0 Å². The minimum absolute atomic E-state index is 0.298. The molecule has 0 fully saturated rings. The maximum Gasteiger partial charge on any atom is 0.328 e. The Kier molecular flexibility index (Phi) is 4.98. The first-order valence-electron chi connectivity index (χ1n) is 5.05. The lowest BCUT2D eigenvalue weighted by atomic mass is 10.2. The number of aromatic nitrogens is 2. The molecule has 0 saturated carbocycles. The van der Waals surface area contributed by atoms with E-state index in [1.807, 2.05) is 6.92 Å². The van der Waals surface area contributed by atoms with E-state index in [9.17, 15) is 9.59 Å². The van der Waals surface area contributed by atoms with Crippen molar-refractivity contribution < 1.29 is 19.8 Å². The minimum atomic E-state index is -1.31. The van der Waals surface area contributed by atoms with E-state index in [1.54, 1.807) is 0 Å². The van der Waals surface area contributed by atoms with Crippen molar-refractivity contribution >= 4 is 23.4 Å². The van der Waals surface area contributed by atoms with E-state index in [0.717, 1.165) is 18.0 Å². The second-order valence-electron chi connectivity index (χ2n) is 3.35. The molecule has 3 N–H and O–H groups in total.